The summed E-state index contributed by atoms with van der Waals surface area (Å²) in [7, 11) is 0. The van der Waals surface area contributed by atoms with Crippen molar-refractivity contribution in [3.8, 4) is 5.75 Å². The second-order valence-electron chi connectivity index (χ2n) is 4.68. The van der Waals surface area contributed by atoms with Crippen molar-refractivity contribution in [3.63, 3.8) is 0 Å². The predicted octanol–water partition coefficient (Wildman–Crippen LogP) is 0.878. The molecule has 1 aliphatic heterocycles. The van der Waals surface area contributed by atoms with Crippen LogP contribution in [0.3, 0.4) is 0 Å². The molecule has 2 rings (SSSR count). The highest BCUT2D eigenvalue weighted by atomic mass is 16.5. The minimum atomic E-state index is -0.801. The van der Waals surface area contributed by atoms with E-state index in [1.165, 1.54) is 11.8 Å². The van der Waals surface area contributed by atoms with E-state index in [4.69, 9.17) is 10.5 Å². The van der Waals surface area contributed by atoms with Gasteiger partial charge in [0.25, 0.3) is 0 Å². The zero-order valence-corrected chi connectivity index (χ0v) is 11.4. The summed E-state index contributed by atoms with van der Waals surface area (Å²) in [6.07, 6.45) is 0.154. The Labute approximate surface area is 116 Å². The van der Waals surface area contributed by atoms with Crippen LogP contribution in [-0.2, 0) is 9.59 Å². The lowest BCUT2D eigenvalue weighted by molar-refractivity contribution is -0.124. The first-order valence-corrected chi connectivity index (χ1v) is 6.31. The zero-order valence-electron chi connectivity index (χ0n) is 11.4. The maximum Gasteiger partial charge on any atom is 0.240 e. The number of ether oxygens (including phenoxy) is 1. The number of amides is 2. The van der Waals surface area contributed by atoms with Crippen molar-refractivity contribution in [3.05, 3.63) is 23.8 Å². The lowest BCUT2D eigenvalue weighted by Gasteiger charge is -2.26. The molecule has 20 heavy (non-hydrogen) atoms. The van der Waals surface area contributed by atoms with Gasteiger partial charge in [-0.2, -0.15) is 0 Å². The number of Topliss-reactive ketones (excluding diaryl/α,β-unsaturated/α-hetero) is 1. The number of carbonyl (C=O) groups excluding carboxylic acids is 3. The fraction of sp³-hybridized carbons (Fsp3) is 0.357. The lowest BCUT2D eigenvalue weighted by atomic mass is 10.1. The highest BCUT2D eigenvalue weighted by Crippen LogP contribution is 2.33. The highest BCUT2D eigenvalue weighted by Gasteiger charge is 2.30. The molecular formula is C14H16N2O4. The van der Waals surface area contributed by atoms with E-state index in [-0.39, 0.29) is 24.7 Å². The van der Waals surface area contributed by atoms with Crippen molar-refractivity contribution < 1.29 is 19.1 Å². The van der Waals surface area contributed by atoms with Gasteiger partial charge in [0.15, 0.2) is 5.78 Å². The molecule has 0 aromatic heterocycles. The van der Waals surface area contributed by atoms with E-state index in [1.54, 1.807) is 25.1 Å². The molecule has 6 nitrogen and oxygen atoms in total. The number of fused-ring (bicyclic) bond motifs is 1. The Morgan fingerprint density at radius 3 is 2.70 bits per heavy atom. The normalized spacial score (nSPS) is 15.9. The Kier molecular flexibility index (Phi) is 3.74. The van der Waals surface area contributed by atoms with Gasteiger partial charge in [-0.05, 0) is 32.0 Å². The molecular weight excluding hydrogens is 260 g/mol. The molecule has 1 aromatic rings. The number of anilines is 1. The first-order valence-electron chi connectivity index (χ1n) is 6.31. The molecule has 0 spiro atoms. The lowest BCUT2D eigenvalue weighted by Crippen LogP contribution is -2.46. The quantitative estimate of drug-likeness (QED) is 0.830. The Morgan fingerprint density at radius 2 is 2.10 bits per heavy atom. The van der Waals surface area contributed by atoms with Crippen molar-refractivity contribution >= 4 is 23.3 Å². The highest BCUT2D eigenvalue weighted by molar-refractivity contribution is 6.03. The molecule has 1 aliphatic rings. The van der Waals surface area contributed by atoms with Crippen molar-refractivity contribution in [1.82, 2.24) is 0 Å². The van der Waals surface area contributed by atoms with Crippen LogP contribution < -0.4 is 15.4 Å². The van der Waals surface area contributed by atoms with Crippen molar-refractivity contribution in [1.29, 1.82) is 0 Å². The first kappa shape index (κ1) is 14.0. The molecule has 0 bridgehead atoms. The van der Waals surface area contributed by atoms with Gasteiger partial charge in [-0.15, -0.1) is 0 Å². The van der Waals surface area contributed by atoms with Crippen LogP contribution >= 0.6 is 0 Å². The third kappa shape index (κ3) is 2.49. The molecule has 0 saturated carbocycles. The van der Waals surface area contributed by atoms with Crippen LogP contribution in [0.5, 0.6) is 5.75 Å². The zero-order chi connectivity index (χ0) is 14.9. The van der Waals surface area contributed by atoms with Crippen LogP contribution in [0.2, 0.25) is 0 Å². The molecule has 2 N–H and O–H groups in total. The van der Waals surface area contributed by atoms with Crippen LogP contribution in [0.25, 0.3) is 0 Å². The van der Waals surface area contributed by atoms with Gasteiger partial charge in [0.2, 0.25) is 11.8 Å². The average molecular weight is 276 g/mol. The molecule has 1 unspecified atom stereocenters. The van der Waals surface area contributed by atoms with Crippen LogP contribution in [0.1, 0.15) is 30.6 Å². The van der Waals surface area contributed by atoms with Gasteiger partial charge in [-0.1, -0.05) is 0 Å². The number of nitrogens with zero attached hydrogens (tertiary/aromatic N) is 1. The van der Waals surface area contributed by atoms with E-state index in [0.29, 0.717) is 17.0 Å². The standard InChI is InChI=1S/C14H16N2O4/c1-8(14(15)19)16-11-7-10(9(2)17)3-4-12(11)20-6-5-13(16)18/h3-4,7-8H,5-6H2,1-2H3,(H2,15,19). The summed E-state index contributed by atoms with van der Waals surface area (Å²) in [5, 5.41) is 0. The summed E-state index contributed by atoms with van der Waals surface area (Å²) >= 11 is 0. The number of primary amides is 1. The van der Waals surface area contributed by atoms with E-state index in [0.717, 1.165) is 0 Å². The summed E-state index contributed by atoms with van der Waals surface area (Å²) in [4.78, 5) is 36.3. The molecule has 0 fully saturated rings. The van der Waals surface area contributed by atoms with Crippen LogP contribution in [-0.4, -0.2) is 30.2 Å². The van der Waals surface area contributed by atoms with Crippen molar-refractivity contribution in [2.24, 2.45) is 5.73 Å². The molecule has 0 radical (unpaired) electrons. The molecule has 6 heteroatoms. The minimum absolute atomic E-state index is 0.129. The SMILES string of the molecule is CC(=O)c1ccc2c(c1)N(C(C)C(N)=O)C(=O)CCO2. The summed E-state index contributed by atoms with van der Waals surface area (Å²) in [6, 6.07) is 4.01. The monoisotopic (exact) mass is 276 g/mol. The van der Waals surface area contributed by atoms with E-state index in [2.05, 4.69) is 0 Å². The largest absolute Gasteiger partial charge is 0.491 e. The summed E-state index contributed by atoms with van der Waals surface area (Å²) in [5.74, 6) is -0.527. The number of ketones is 1. The molecule has 0 aliphatic carbocycles. The van der Waals surface area contributed by atoms with Gasteiger partial charge in [-0.3, -0.25) is 19.3 Å². The Bertz CT molecular complexity index is 583. The fourth-order valence-corrected chi connectivity index (χ4v) is 2.10. The van der Waals surface area contributed by atoms with E-state index >= 15 is 0 Å². The minimum Gasteiger partial charge on any atom is -0.491 e. The summed E-state index contributed by atoms with van der Waals surface area (Å²) < 4.78 is 5.49. The molecule has 2 amide bonds. The van der Waals surface area contributed by atoms with Gasteiger partial charge < -0.3 is 10.5 Å². The van der Waals surface area contributed by atoms with Gasteiger partial charge in [0, 0.05) is 5.56 Å². The fourth-order valence-electron chi connectivity index (χ4n) is 2.10. The van der Waals surface area contributed by atoms with E-state index in [9.17, 15) is 14.4 Å². The second-order valence-corrected chi connectivity index (χ2v) is 4.68. The molecule has 1 aromatic carbocycles. The Morgan fingerprint density at radius 1 is 1.40 bits per heavy atom. The third-order valence-corrected chi connectivity index (χ3v) is 3.27. The van der Waals surface area contributed by atoms with Gasteiger partial charge in [0.1, 0.15) is 11.8 Å². The maximum atomic E-state index is 12.2. The molecule has 106 valence electrons. The summed E-state index contributed by atoms with van der Waals surface area (Å²) in [6.45, 7) is 3.21. The second kappa shape index (κ2) is 5.32. The van der Waals surface area contributed by atoms with Crippen LogP contribution in [0.15, 0.2) is 18.2 Å². The van der Waals surface area contributed by atoms with Crippen molar-refractivity contribution in [2.45, 2.75) is 26.3 Å². The summed E-state index contributed by atoms with van der Waals surface area (Å²) in [5.41, 5.74) is 6.15. The predicted molar refractivity (Wildman–Crippen MR) is 72.7 cm³/mol. The van der Waals surface area contributed by atoms with Gasteiger partial charge >= 0.3 is 0 Å². The first-order chi connectivity index (χ1) is 9.41. The van der Waals surface area contributed by atoms with Crippen LogP contribution in [0, 0.1) is 0 Å². The number of carbonyl (C=O) groups is 3. The number of benzene rings is 1. The molecule has 1 atom stereocenters. The smallest absolute Gasteiger partial charge is 0.240 e. The van der Waals surface area contributed by atoms with Crippen molar-refractivity contribution in [2.75, 3.05) is 11.5 Å². The third-order valence-electron chi connectivity index (χ3n) is 3.27. The number of rotatable bonds is 3. The Balaban J connectivity index is 2.56. The average Bonchev–Trinajstić information content (AvgIpc) is 2.55. The topological polar surface area (TPSA) is 89.7 Å². The van der Waals surface area contributed by atoms with Crippen LogP contribution in [0.4, 0.5) is 5.69 Å². The van der Waals surface area contributed by atoms with Gasteiger partial charge in [0.05, 0.1) is 18.7 Å². The number of hydrogen-bond acceptors (Lipinski definition) is 4. The molecule has 0 saturated heterocycles. The maximum absolute atomic E-state index is 12.2. The Hall–Kier alpha value is -2.37. The number of nitrogens with two attached hydrogens (primary N) is 1. The van der Waals surface area contributed by atoms with Gasteiger partial charge in [-0.25, -0.2) is 0 Å². The molecule has 1 heterocycles. The van der Waals surface area contributed by atoms with E-state index in [1.807, 2.05) is 0 Å². The van der Waals surface area contributed by atoms with E-state index < -0.39 is 11.9 Å². The number of hydrogen-bond donors (Lipinski definition) is 1.